The van der Waals surface area contributed by atoms with Crippen molar-refractivity contribution >= 4 is 22.0 Å². The number of anilines is 1. The van der Waals surface area contributed by atoms with E-state index in [-0.39, 0.29) is 17.7 Å². The second-order valence-corrected chi connectivity index (χ2v) is 9.19. The van der Waals surface area contributed by atoms with E-state index in [9.17, 15) is 9.50 Å². The van der Waals surface area contributed by atoms with Gasteiger partial charge in [0.25, 0.3) is 0 Å². The molecular formula is C24H26FN5OS. The number of nitrogens with zero attached hydrogens (tertiary/aromatic N) is 5. The second kappa shape index (κ2) is 8.52. The Labute approximate surface area is 190 Å². The Hall–Kier alpha value is -2.97. The van der Waals surface area contributed by atoms with Crippen LogP contribution in [0.5, 0.6) is 5.88 Å². The van der Waals surface area contributed by atoms with E-state index in [0.29, 0.717) is 0 Å². The highest BCUT2D eigenvalue weighted by Crippen LogP contribution is 2.40. The first kappa shape index (κ1) is 20.9. The molecule has 166 valence electrons. The Morgan fingerprint density at radius 2 is 1.72 bits per heavy atom. The minimum Gasteiger partial charge on any atom is -0.492 e. The lowest BCUT2D eigenvalue weighted by atomic mass is 10.0. The van der Waals surface area contributed by atoms with Crippen LogP contribution >= 0.6 is 11.3 Å². The molecular weight excluding hydrogens is 425 g/mol. The summed E-state index contributed by atoms with van der Waals surface area (Å²) in [6.45, 7) is 7.39. The van der Waals surface area contributed by atoms with E-state index in [4.69, 9.17) is 0 Å². The van der Waals surface area contributed by atoms with Gasteiger partial charge in [-0.05, 0) is 36.8 Å². The Balaban J connectivity index is 1.46. The quantitative estimate of drug-likeness (QED) is 0.487. The van der Waals surface area contributed by atoms with Gasteiger partial charge in [-0.15, -0.1) is 5.10 Å². The molecule has 2 aromatic carbocycles. The van der Waals surface area contributed by atoms with Gasteiger partial charge in [0.15, 0.2) is 5.82 Å². The first-order valence-electron chi connectivity index (χ1n) is 10.9. The zero-order valence-corrected chi connectivity index (χ0v) is 19.0. The van der Waals surface area contributed by atoms with Crippen LogP contribution in [0.1, 0.15) is 34.8 Å². The molecule has 5 rings (SSSR count). The molecule has 6 nitrogen and oxygen atoms in total. The molecule has 32 heavy (non-hydrogen) atoms. The molecule has 0 radical (unpaired) electrons. The van der Waals surface area contributed by atoms with E-state index in [1.165, 1.54) is 29.0 Å². The van der Waals surface area contributed by atoms with Crippen LogP contribution in [0, 0.1) is 12.7 Å². The standard InChI is InChI=1S/C24H26FN5OS/c1-3-20-26-24-30(27-20)23(31)22(32-24)21(17-6-4-16(2)5-7-17)29-14-12-28(13-15-29)19-10-8-18(25)9-11-19/h4-11,21,31H,3,12-15H2,1-2H3/t21-/m1/s1. The topological polar surface area (TPSA) is 56.9 Å². The number of piperazine rings is 1. The van der Waals surface area contributed by atoms with Crippen molar-refractivity contribution in [2.75, 3.05) is 31.1 Å². The van der Waals surface area contributed by atoms with Crippen molar-refractivity contribution in [3.63, 3.8) is 0 Å². The summed E-state index contributed by atoms with van der Waals surface area (Å²) in [5.74, 6) is 0.687. The number of halogens is 1. The lowest BCUT2D eigenvalue weighted by Crippen LogP contribution is -2.47. The van der Waals surface area contributed by atoms with Crippen LogP contribution < -0.4 is 4.90 Å². The average Bonchev–Trinajstić information content (AvgIpc) is 3.35. The molecule has 8 heteroatoms. The SMILES string of the molecule is CCc1nc2sc([C@@H](c3ccc(C)cc3)N3CCN(c4ccc(F)cc4)CC3)c(O)n2n1. The molecule has 3 heterocycles. The fourth-order valence-electron chi connectivity index (χ4n) is 4.29. The maximum absolute atomic E-state index is 13.3. The summed E-state index contributed by atoms with van der Waals surface area (Å²) in [7, 11) is 0. The smallest absolute Gasteiger partial charge is 0.230 e. The Morgan fingerprint density at radius 3 is 2.34 bits per heavy atom. The Kier molecular flexibility index (Phi) is 5.57. The number of fused-ring (bicyclic) bond motifs is 1. The fraction of sp³-hybridized carbons (Fsp3) is 0.333. The molecule has 4 aromatic rings. The first-order chi connectivity index (χ1) is 15.5. The zero-order chi connectivity index (χ0) is 22.2. The van der Waals surface area contributed by atoms with Crippen LogP contribution in [0.3, 0.4) is 0 Å². The van der Waals surface area contributed by atoms with Crippen molar-refractivity contribution in [2.24, 2.45) is 0 Å². The third-order valence-electron chi connectivity index (χ3n) is 6.07. The van der Waals surface area contributed by atoms with Crippen molar-refractivity contribution in [3.05, 3.63) is 76.2 Å². The molecule has 1 N–H and O–H groups in total. The van der Waals surface area contributed by atoms with Crippen LogP contribution in [-0.2, 0) is 6.42 Å². The number of aromatic nitrogens is 3. The number of thiazole rings is 1. The average molecular weight is 452 g/mol. The summed E-state index contributed by atoms with van der Waals surface area (Å²) in [5, 5.41) is 15.5. The van der Waals surface area contributed by atoms with E-state index in [0.717, 1.165) is 59.5 Å². The van der Waals surface area contributed by atoms with Crippen LogP contribution in [-0.4, -0.2) is 50.8 Å². The molecule has 1 aliphatic heterocycles. The molecule has 0 amide bonds. The van der Waals surface area contributed by atoms with Crippen molar-refractivity contribution < 1.29 is 9.50 Å². The van der Waals surface area contributed by atoms with Crippen molar-refractivity contribution in [2.45, 2.75) is 26.3 Å². The first-order valence-corrected chi connectivity index (χ1v) is 11.7. The van der Waals surface area contributed by atoms with E-state index in [2.05, 4.69) is 51.1 Å². The van der Waals surface area contributed by atoms with Gasteiger partial charge in [0.05, 0.1) is 10.9 Å². The molecule has 0 spiro atoms. The van der Waals surface area contributed by atoms with Gasteiger partial charge in [-0.25, -0.2) is 9.37 Å². The summed E-state index contributed by atoms with van der Waals surface area (Å²) in [4.78, 5) is 10.8. The number of hydrogen-bond acceptors (Lipinski definition) is 6. The fourth-order valence-corrected chi connectivity index (χ4v) is 5.42. The van der Waals surface area contributed by atoms with Gasteiger partial charge >= 0.3 is 0 Å². The van der Waals surface area contributed by atoms with Gasteiger partial charge in [0.2, 0.25) is 10.8 Å². The van der Waals surface area contributed by atoms with Crippen LogP contribution in [0.2, 0.25) is 0 Å². The summed E-state index contributed by atoms with van der Waals surface area (Å²) < 4.78 is 14.9. The maximum atomic E-state index is 13.3. The van der Waals surface area contributed by atoms with E-state index in [1.54, 1.807) is 4.52 Å². The molecule has 0 aliphatic carbocycles. The lowest BCUT2D eigenvalue weighted by Gasteiger charge is -2.40. The number of rotatable bonds is 5. The Morgan fingerprint density at radius 1 is 1.03 bits per heavy atom. The predicted molar refractivity (Wildman–Crippen MR) is 125 cm³/mol. The normalized spacial score (nSPS) is 16.0. The van der Waals surface area contributed by atoms with E-state index < -0.39 is 0 Å². The number of aryl methyl sites for hydroxylation is 2. The maximum Gasteiger partial charge on any atom is 0.230 e. The summed E-state index contributed by atoms with van der Waals surface area (Å²) in [6, 6.07) is 15.1. The van der Waals surface area contributed by atoms with Crippen LogP contribution in [0.15, 0.2) is 48.5 Å². The van der Waals surface area contributed by atoms with Gasteiger partial charge < -0.3 is 10.0 Å². The molecule has 0 unspecified atom stereocenters. The molecule has 1 saturated heterocycles. The predicted octanol–water partition coefficient (Wildman–Crippen LogP) is 4.42. The molecule has 0 saturated carbocycles. The largest absolute Gasteiger partial charge is 0.492 e. The van der Waals surface area contributed by atoms with Crippen LogP contribution in [0.4, 0.5) is 10.1 Å². The third kappa shape index (κ3) is 3.84. The molecule has 0 bridgehead atoms. The van der Waals surface area contributed by atoms with E-state index in [1.807, 2.05) is 19.1 Å². The van der Waals surface area contributed by atoms with Crippen molar-refractivity contribution in [1.82, 2.24) is 19.5 Å². The van der Waals surface area contributed by atoms with Gasteiger partial charge in [0, 0.05) is 38.3 Å². The highest BCUT2D eigenvalue weighted by Gasteiger charge is 2.31. The minimum atomic E-state index is -0.218. The summed E-state index contributed by atoms with van der Waals surface area (Å²) in [5.41, 5.74) is 3.38. The molecule has 2 aromatic heterocycles. The van der Waals surface area contributed by atoms with Gasteiger partial charge in [0.1, 0.15) is 5.82 Å². The number of aromatic hydroxyl groups is 1. The monoisotopic (exact) mass is 451 g/mol. The molecule has 1 fully saturated rings. The second-order valence-electron chi connectivity index (χ2n) is 8.18. The highest BCUT2D eigenvalue weighted by atomic mass is 32.1. The number of benzene rings is 2. The third-order valence-corrected chi connectivity index (χ3v) is 7.14. The van der Waals surface area contributed by atoms with Crippen molar-refractivity contribution in [1.29, 1.82) is 0 Å². The number of hydrogen-bond donors (Lipinski definition) is 1. The van der Waals surface area contributed by atoms with Crippen LogP contribution in [0.25, 0.3) is 4.96 Å². The summed E-state index contributed by atoms with van der Waals surface area (Å²) in [6.07, 6.45) is 0.732. The summed E-state index contributed by atoms with van der Waals surface area (Å²) >= 11 is 1.50. The minimum absolute atomic E-state index is 0.0791. The highest BCUT2D eigenvalue weighted by molar-refractivity contribution is 7.17. The van der Waals surface area contributed by atoms with Gasteiger partial charge in [-0.1, -0.05) is 48.1 Å². The van der Waals surface area contributed by atoms with Crippen molar-refractivity contribution in [3.8, 4) is 5.88 Å². The lowest BCUT2D eigenvalue weighted by molar-refractivity contribution is 0.211. The van der Waals surface area contributed by atoms with E-state index >= 15 is 0 Å². The molecule has 1 aliphatic rings. The van der Waals surface area contributed by atoms with Gasteiger partial charge in [-0.2, -0.15) is 4.52 Å². The zero-order valence-electron chi connectivity index (χ0n) is 18.2. The van der Waals surface area contributed by atoms with Gasteiger partial charge in [-0.3, -0.25) is 4.90 Å². The Bertz CT molecular complexity index is 1210. The molecule has 1 atom stereocenters.